The molecule has 0 bridgehead atoms. The number of hydrogen-bond donors (Lipinski definition) is 2. The van der Waals surface area contributed by atoms with E-state index >= 15 is 0 Å². The van der Waals surface area contributed by atoms with Gasteiger partial charge in [0.05, 0.1) is 10.6 Å². The van der Waals surface area contributed by atoms with Crippen LogP contribution in [0.1, 0.15) is 18.2 Å². The van der Waals surface area contributed by atoms with Crippen LogP contribution in [0.25, 0.3) is 0 Å². The minimum Gasteiger partial charge on any atom is -0.358 e. The van der Waals surface area contributed by atoms with Gasteiger partial charge in [0.2, 0.25) is 0 Å². The third-order valence-electron chi connectivity index (χ3n) is 1.84. The van der Waals surface area contributed by atoms with Gasteiger partial charge in [0.15, 0.2) is 5.11 Å². The molecule has 2 N–H and O–H groups in total. The van der Waals surface area contributed by atoms with Crippen molar-refractivity contribution in [2.24, 2.45) is 5.10 Å². The Balaban J connectivity index is 2.54. The van der Waals surface area contributed by atoms with Crippen LogP contribution in [-0.4, -0.2) is 17.4 Å². The van der Waals surface area contributed by atoms with Crippen molar-refractivity contribution in [3.05, 3.63) is 35.0 Å². The highest BCUT2D eigenvalue weighted by Crippen LogP contribution is 2.11. The molecule has 0 saturated carbocycles. The first-order chi connectivity index (χ1) is 7.77. The molecule has 1 aromatic heterocycles. The Morgan fingerprint density at radius 2 is 2.50 bits per heavy atom. The molecule has 0 saturated heterocycles. The summed E-state index contributed by atoms with van der Waals surface area (Å²) in [6, 6.07) is 4.06. The molecule has 0 aromatic carbocycles. The molecule has 0 radical (unpaired) electrons. The molecule has 0 aliphatic heterocycles. The summed E-state index contributed by atoms with van der Waals surface area (Å²) in [6.45, 7) is 6.31. The van der Waals surface area contributed by atoms with E-state index < -0.39 is 0 Å². The molecule has 0 fully saturated rings. The molecule has 16 heavy (non-hydrogen) atoms. The Bertz CT molecular complexity index is 369. The lowest BCUT2D eigenvalue weighted by Gasteiger charge is -2.06. The summed E-state index contributed by atoms with van der Waals surface area (Å²) in [6.07, 6.45) is 2.62. The zero-order chi connectivity index (χ0) is 11.8. The Morgan fingerprint density at radius 3 is 3.06 bits per heavy atom. The average Bonchev–Trinajstić information content (AvgIpc) is 2.81. The molecule has 0 atom stereocenters. The monoisotopic (exact) mass is 253 g/mol. The number of rotatable bonds is 5. The Morgan fingerprint density at radius 1 is 1.69 bits per heavy atom. The van der Waals surface area contributed by atoms with Crippen molar-refractivity contribution in [1.82, 2.24) is 10.7 Å². The summed E-state index contributed by atoms with van der Waals surface area (Å²) in [5.41, 5.74) is 3.84. The number of thiocarbonyl (C=S) groups is 1. The van der Waals surface area contributed by atoms with E-state index in [1.54, 1.807) is 17.4 Å². The normalized spacial score (nSPS) is 10.9. The van der Waals surface area contributed by atoms with Gasteiger partial charge >= 0.3 is 0 Å². The third kappa shape index (κ3) is 4.12. The van der Waals surface area contributed by atoms with Gasteiger partial charge in [-0.15, -0.1) is 17.9 Å². The van der Waals surface area contributed by atoms with Crippen LogP contribution < -0.4 is 10.7 Å². The summed E-state index contributed by atoms with van der Waals surface area (Å²) in [7, 11) is 0. The van der Waals surface area contributed by atoms with E-state index in [0.717, 1.165) is 12.1 Å². The van der Waals surface area contributed by atoms with Gasteiger partial charge in [-0.1, -0.05) is 19.1 Å². The predicted molar refractivity (Wildman–Crippen MR) is 75.1 cm³/mol. The second-order valence-electron chi connectivity index (χ2n) is 3.00. The number of hydrogen-bond acceptors (Lipinski definition) is 3. The van der Waals surface area contributed by atoms with E-state index in [9.17, 15) is 0 Å². The smallest absolute Gasteiger partial charge is 0.187 e. The number of thiophene rings is 1. The van der Waals surface area contributed by atoms with Crippen molar-refractivity contribution >= 4 is 34.4 Å². The molecular weight excluding hydrogens is 238 g/mol. The van der Waals surface area contributed by atoms with Crippen molar-refractivity contribution in [2.45, 2.75) is 13.3 Å². The molecule has 0 spiro atoms. The zero-order valence-corrected chi connectivity index (χ0v) is 10.8. The second kappa shape index (κ2) is 7.14. The highest BCUT2D eigenvalue weighted by atomic mass is 32.1. The Kier molecular flexibility index (Phi) is 5.74. The maximum atomic E-state index is 5.04. The number of nitrogens with zero attached hydrogens (tertiary/aromatic N) is 1. The minimum absolute atomic E-state index is 0.516. The van der Waals surface area contributed by atoms with E-state index in [1.165, 1.54) is 4.88 Å². The lowest BCUT2D eigenvalue weighted by Crippen LogP contribution is -2.32. The lowest BCUT2D eigenvalue weighted by molar-refractivity contribution is 0.932. The molecule has 0 unspecified atom stereocenters. The first-order valence-corrected chi connectivity index (χ1v) is 6.32. The first-order valence-electron chi connectivity index (χ1n) is 5.03. The van der Waals surface area contributed by atoms with Crippen molar-refractivity contribution in [2.75, 3.05) is 6.54 Å². The van der Waals surface area contributed by atoms with E-state index in [2.05, 4.69) is 35.4 Å². The Labute approximate surface area is 105 Å². The quantitative estimate of drug-likeness (QED) is 0.366. The summed E-state index contributed by atoms with van der Waals surface area (Å²) in [5, 5.41) is 9.78. The summed E-state index contributed by atoms with van der Waals surface area (Å²) >= 11 is 6.72. The van der Waals surface area contributed by atoms with Crippen LogP contribution in [0, 0.1) is 0 Å². The fraction of sp³-hybridized carbons (Fsp3) is 0.273. The van der Waals surface area contributed by atoms with Crippen molar-refractivity contribution in [3.63, 3.8) is 0 Å². The van der Waals surface area contributed by atoms with Crippen molar-refractivity contribution in [1.29, 1.82) is 0 Å². The van der Waals surface area contributed by atoms with Crippen LogP contribution in [0.3, 0.4) is 0 Å². The summed E-state index contributed by atoms with van der Waals surface area (Å²) in [4.78, 5) is 1.17. The van der Waals surface area contributed by atoms with Crippen LogP contribution in [0.4, 0.5) is 0 Å². The van der Waals surface area contributed by atoms with E-state index in [4.69, 9.17) is 12.2 Å². The number of nitrogens with one attached hydrogen (secondary N) is 2. The summed E-state index contributed by atoms with van der Waals surface area (Å²) in [5.74, 6) is 0. The highest BCUT2D eigenvalue weighted by molar-refractivity contribution is 7.80. The van der Waals surface area contributed by atoms with E-state index in [1.807, 2.05) is 11.4 Å². The van der Waals surface area contributed by atoms with Crippen LogP contribution in [0.5, 0.6) is 0 Å². The standard InChI is InChI=1S/C11H15N3S2/c1-3-7-12-11(15)14-13-9(4-2)10-6-5-8-16-10/h3,5-6,8H,1,4,7H2,2H3,(H2,12,14,15)/b13-9-. The van der Waals surface area contributed by atoms with Crippen LogP contribution in [-0.2, 0) is 0 Å². The maximum Gasteiger partial charge on any atom is 0.187 e. The maximum absolute atomic E-state index is 5.04. The molecule has 86 valence electrons. The van der Waals surface area contributed by atoms with Gasteiger partial charge in [-0.3, -0.25) is 5.43 Å². The van der Waals surface area contributed by atoms with Gasteiger partial charge in [-0.05, 0) is 30.1 Å². The average molecular weight is 253 g/mol. The SMILES string of the molecule is C=CCNC(=S)N/N=C(/CC)c1cccs1. The van der Waals surface area contributed by atoms with Crippen LogP contribution in [0.15, 0.2) is 35.3 Å². The Hall–Kier alpha value is -1.20. The van der Waals surface area contributed by atoms with Gasteiger partial charge in [-0.2, -0.15) is 5.10 Å². The molecule has 0 aliphatic carbocycles. The molecular formula is C11H15N3S2. The fourth-order valence-corrected chi connectivity index (χ4v) is 1.99. The predicted octanol–water partition coefficient (Wildman–Crippen LogP) is 2.51. The topological polar surface area (TPSA) is 36.4 Å². The van der Waals surface area contributed by atoms with Gasteiger partial charge < -0.3 is 5.32 Å². The van der Waals surface area contributed by atoms with Crippen molar-refractivity contribution in [3.8, 4) is 0 Å². The van der Waals surface area contributed by atoms with Gasteiger partial charge in [0.1, 0.15) is 0 Å². The molecule has 1 heterocycles. The van der Waals surface area contributed by atoms with Gasteiger partial charge in [0.25, 0.3) is 0 Å². The summed E-state index contributed by atoms with van der Waals surface area (Å²) < 4.78 is 0. The molecule has 0 aliphatic rings. The molecule has 0 amide bonds. The fourth-order valence-electron chi connectivity index (χ4n) is 1.07. The zero-order valence-electron chi connectivity index (χ0n) is 9.19. The van der Waals surface area contributed by atoms with Crippen LogP contribution >= 0.6 is 23.6 Å². The minimum atomic E-state index is 0.516. The third-order valence-corrected chi connectivity index (χ3v) is 2.99. The molecule has 1 aromatic rings. The van der Waals surface area contributed by atoms with Gasteiger partial charge in [-0.25, -0.2) is 0 Å². The van der Waals surface area contributed by atoms with E-state index in [-0.39, 0.29) is 0 Å². The molecule has 3 nitrogen and oxygen atoms in total. The number of hydrazone groups is 1. The second-order valence-corrected chi connectivity index (χ2v) is 4.36. The van der Waals surface area contributed by atoms with Crippen molar-refractivity contribution < 1.29 is 0 Å². The lowest BCUT2D eigenvalue weighted by atomic mass is 10.2. The highest BCUT2D eigenvalue weighted by Gasteiger charge is 2.01. The van der Waals surface area contributed by atoms with Gasteiger partial charge in [0, 0.05) is 6.54 Å². The molecule has 1 rings (SSSR count). The largest absolute Gasteiger partial charge is 0.358 e. The van der Waals surface area contributed by atoms with E-state index in [0.29, 0.717) is 11.7 Å². The molecule has 5 heteroatoms. The first kappa shape index (κ1) is 12.9. The van der Waals surface area contributed by atoms with Crippen LogP contribution in [0.2, 0.25) is 0 Å².